The van der Waals surface area contributed by atoms with Crippen molar-refractivity contribution in [2.24, 2.45) is 16.9 Å². The Hall–Kier alpha value is -3.48. The predicted octanol–water partition coefficient (Wildman–Crippen LogP) is 3.86. The SMILES string of the molecule is CC1(C)CC(=O)c2c(C(F)(F)F)nn(-c3cc(F)c(C(N)=O)c(NC(N)C(=O)OC4CCCCC4)c3)c2C1. The maximum atomic E-state index is 15.1. The van der Waals surface area contributed by atoms with E-state index in [1.807, 2.05) is 0 Å². The van der Waals surface area contributed by atoms with Gasteiger partial charge in [-0.1, -0.05) is 20.3 Å². The first-order valence-corrected chi connectivity index (χ1v) is 12.3. The molecule has 1 heterocycles. The van der Waals surface area contributed by atoms with Crippen molar-refractivity contribution >= 4 is 23.3 Å². The van der Waals surface area contributed by atoms with E-state index in [1.165, 1.54) is 0 Å². The molecule has 0 saturated heterocycles. The molecular formula is C25H29F4N5O4. The number of nitrogens with two attached hydrogens (primary N) is 2. The normalized spacial score (nSPS) is 18.6. The lowest BCUT2D eigenvalue weighted by atomic mass is 9.75. The van der Waals surface area contributed by atoms with Crippen molar-refractivity contribution in [3.05, 3.63) is 40.5 Å². The molecule has 1 fully saturated rings. The fourth-order valence-corrected chi connectivity index (χ4v) is 5.09. The molecule has 1 atom stereocenters. The Bertz CT molecular complexity index is 1280. The molecule has 13 heteroatoms. The summed E-state index contributed by atoms with van der Waals surface area (Å²) in [5, 5.41) is 6.14. The summed E-state index contributed by atoms with van der Waals surface area (Å²) in [6.07, 6.45) is -2.68. The predicted molar refractivity (Wildman–Crippen MR) is 128 cm³/mol. The number of anilines is 1. The number of fused-ring (bicyclic) bond motifs is 1. The van der Waals surface area contributed by atoms with Crippen LogP contribution in [0.1, 0.15) is 84.5 Å². The number of Topliss-reactive ketones (excluding diaryl/α,β-unsaturated/α-hetero) is 1. The van der Waals surface area contributed by atoms with Crippen LogP contribution in [0.15, 0.2) is 12.1 Å². The molecule has 2 aliphatic carbocycles. The second kappa shape index (κ2) is 10.0. The van der Waals surface area contributed by atoms with Gasteiger partial charge in [0.2, 0.25) is 0 Å². The first-order valence-electron chi connectivity index (χ1n) is 12.3. The lowest BCUT2D eigenvalue weighted by Gasteiger charge is -2.29. The summed E-state index contributed by atoms with van der Waals surface area (Å²) in [5.41, 5.74) is 7.38. The highest BCUT2D eigenvalue weighted by Gasteiger charge is 2.45. The molecule has 38 heavy (non-hydrogen) atoms. The van der Waals surface area contributed by atoms with Gasteiger partial charge >= 0.3 is 12.1 Å². The number of nitrogens with one attached hydrogen (secondary N) is 1. The van der Waals surface area contributed by atoms with Crippen LogP contribution in [0.3, 0.4) is 0 Å². The zero-order valence-electron chi connectivity index (χ0n) is 21.0. The minimum absolute atomic E-state index is 0.0447. The average molecular weight is 540 g/mol. The van der Waals surface area contributed by atoms with Gasteiger partial charge in [-0.25, -0.2) is 13.9 Å². The van der Waals surface area contributed by atoms with Gasteiger partial charge in [0.25, 0.3) is 5.91 Å². The quantitative estimate of drug-likeness (QED) is 0.287. The van der Waals surface area contributed by atoms with Crippen molar-refractivity contribution < 1.29 is 36.7 Å². The van der Waals surface area contributed by atoms with Gasteiger partial charge in [0, 0.05) is 12.5 Å². The highest BCUT2D eigenvalue weighted by Crippen LogP contribution is 2.42. The van der Waals surface area contributed by atoms with Crippen molar-refractivity contribution in [1.29, 1.82) is 0 Å². The van der Waals surface area contributed by atoms with Crippen LogP contribution >= 0.6 is 0 Å². The molecule has 1 unspecified atom stereocenters. The van der Waals surface area contributed by atoms with Crippen molar-refractivity contribution in [2.75, 3.05) is 5.32 Å². The van der Waals surface area contributed by atoms with Gasteiger partial charge in [-0.3, -0.25) is 9.59 Å². The molecule has 4 rings (SSSR count). The number of hydrogen-bond acceptors (Lipinski definition) is 7. The number of carbonyl (C=O) groups excluding carboxylic acids is 3. The second-order valence-electron chi connectivity index (χ2n) is 10.6. The topological polar surface area (TPSA) is 142 Å². The van der Waals surface area contributed by atoms with Crippen molar-refractivity contribution in [1.82, 2.24) is 9.78 Å². The summed E-state index contributed by atoms with van der Waals surface area (Å²) < 4.78 is 62.8. The van der Waals surface area contributed by atoms with Gasteiger partial charge in [0.05, 0.1) is 28.2 Å². The first kappa shape index (κ1) is 27.6. The lowest BCUT2D eigenvalue weighted by Crippen LogP contribution is -2.42. The molecule has 9 nitrogen and oxygen atoms in total. The number of nitrogens with zero attached hydrogens (tertiary/aromatic N) is 2. The van der Waals surface area contributed by atoms with Crippen LogP contribution in [0.5, 0.6) is 0 Å². The van der Waals surface area contributed by atoms with Crippen LogP contribution in [-0.4, -0.2) is 39.7 Å². The average Bonchev–Trinajstić information content (AvgIpc) is 3.18. The number of amides is 1. The van der Waals surface area contributed by atoms with Crippen LogP contribution in [0.2, 0.25) is 0 Å². The third-order valence-electron chi connectivity index (χ3n) is 6.78. The molecule has 1 aromatic carbocycles. The summed E-state index contributed by atoms with van der Waals surface area (Å²) in [6.45, 7) is 3.44. The van der Waals surface area contributed by atoms with Crippen LogP contribution in [0, 0.1) is 11.2 Å². The number of rotatable bonds is 6. The van der Waals surface area contributed by atoms with E-state index in [0.29, 0.717) is 12.8 Å². The molecule has 206 valence electrons. The third kappa shape index (κ3) is 5.52. The van der Waals surface area contributed by atoms with Gasteiger partial charge in [-0.15, -0.1) is 0 Å². The molecule has 2 aliphatic rings. The molecule has 1 aromatic heterocycles. The minimum atomic E-state index is -4.94. The molecule has 0 spiro atoms. The largest absolute Gasteiger partial charge is 0.460 e. The monoisotopic (exact) mass is 539 g/mol. The zero-order valence-corrected chi connectivity index (χ0v) is 21.0. The third-order valence-corrected chi connectivity index (χ3v) is 6.78. The van der Waals surface area contributed by atoms with Gasteiger partial charge in [0.1, 0.15) is 11.9 Å². The van der Waals surface area contributed by atoms with E-state index in [0.717, 1.165) is 36.1 Å². The molecule has 1 amide bonds. The number of alkyl halides is 3. The van der Waals surface area contributed by atoms with E-state index < -0.39 is 58.1 Å². The summed E-state index contributed by atoms with van der Waals surface area (Å²) in [4.78, 5) is 37.3. The standard InChI is InChI=1S/C25H29F4N5O4/c1-24(2)10-16-19(17(35)11-24)20(25(27,28)29)33-34(16)12-8-14(26)18(22(31)36)15(9-12)32-21(30)23(37)38-13-6-4-3-5-7-13/h8-9,13,21,32H,3-7,10-11,30H2,1-2H3,(H2,31,36). The number of esters is 1. The van der Waals surface area contributed by atoms with E-state index >= 15 is 4.39 Å². The first-order chi connectivity index (χ1) is 17.7. The van der Waals surface area contributed by atoms with E-state index in [4.69, 9.17) is 16.2 Å². The molecule has 0 aliphatic heterocycles. The Labute approximate surface area is 215 Å². The highest BCUT2D eigenvalue weighted by atomic mass is 19.4. The van der Waals surface area contributed by atoms with Crippen LogP contribution in [0.4, 0.5) is 23.2 Å². The number of ether oxygens (including phenoxy) is 1. The molecule has 1 saturated carbocycles. The maximum Gasteiger partial charge on any atom is 0.435 e. The number of ketones is 1. The Morgan fingerprint density at radius 3 is 2.45 bits per heavy atom. The van der Waals surface area contributed by atoms with Crippen molar-refractivity contribution in [3.63, 3.8) is 0 Å². The van der Waals surface area contributed by atoms with Crippen LogP contribution < -0.4 is 16.8 Å². The van der Waals surface area contributed by atoms with Crippen molar-refractivity contribution in [3.8, 4) is 5.69 Å². The zero-order chi connectivity index (χ0) is 28.0. The van der Waals surface area contributed by atoms with E-state index in [9.17, 15) is 27.6 Å². The molecule has 2 aromatic rings. The van der Waals surface area contributed by atoms with Gasteiger partial charge in [-0.2, -0.15) is 18.3 Å². The lowest BCUT2D eigenvalue weighted by molar-refractivity contribution is -0.151. The summed E-state index contributed by atoms with van der Waals surface area (Å²) in [6, 6.07) is 1.90. The molecule has 5 N–H and O–H groups in total. The summed E-state index contributed by atoms with van der Waals surface area (Å²) in [5.74, 6) is -3.94. The summed E-state index contributed by atoms with van der Waals surface area (Å²) in [7, 11) is 0. The maximum absolute atomic E-state index is 15.1. The Kier molecular flexibility index (Phi) is 7.26. The van der Waals surface area contributed by atoms with E-state index in [-0.39, 0.29) is 36.0 Å². The number of carbonyl (C=O) groups is 3. The highest BCUT2D eigenvalue weighted by molar-refractivity contribution is 6.01. The Morgan fingerprint density at radius 1 is 1.18 bits per heavy atom. The number of benzene rings is 1. The Balaban J connectivity index is 1.76. The molecule has 0 bridgehead atoms. The summed E-state index contributed by atoms with van der Waals surface area (Å²) >= 11 is 0. The number of halogens is 4. The fraction of sp³-hybridized carbons (Fsp3) is 0.520. The number of primary amides is 1. The fourth-order valence-electron chi connectivity index (χ4n) is 5.09. The number of aromatic nitrogens is 2. The smallest absolute Gasteiger partial charge is 0.435 e. The molecular weight excluding hydrogens is 510 g/mol. The Morgan fingerprint density at radius 2 is 1.84 bits per heavy atom. The van der Waals surface area contributed by atoms with Crippen LogP contribution in [0.25, 0.3) is 5.69 Å². The van der Waals surface area contributed by atoms with E-state index in [1.54, 1.807) is 13.8 Å². The van der Waals surface area contributed by atoms with Crippen LogP contribution in [-0.2, 0) is 22.1 Å². The van der Waals surface area contributed by atoms with Gasteiger partial charge in [-0.05, 0) is 43.6 Å². The minimum Gasteiger partial charge on any atom is -0.460 e. The second-order valence-corrected chi connectivity index (χ2v) is 10.6. The van der Waals surface area contributed by atoms with E-state index in [2.05, 4.69) is 10.4 Å². The van der Waals surface area contributed by atoms with Gasteiger partial charge < -0.3 is 21.5 Å². The van der Waals surface area contributed by atoms with Gasteiger partial charge in [0.15, 0.2) is 17.6 Å². The van der Waals surface area contributed by atoms with Crippen molar-refractivity contribution in [2.45, 2.75) is 77.2 Å². The number of hydrogen-bond donors (Lipinski definition) is 3. The molecule has 0 radical (unpaired) electrons.